The van der Waals surface area contributed by atoms with Gasteiger partial charge in [0.25, 0.3) is 5.91 Å². The van der Waals surface area contributed by atoms with Crippen molar-refractivity contribution in [2.45, 2.75) is 26.2 Å². The standard InChI is InChI=1S/C17H22N4O/c1-13-5-3-7-15(19-13)11-14-6-4-9-21(12-14)17(22)16-18-8-10-20(16)2/h3,5,7-8,10,14H,4,6,9,11-12H2,1-2H3. The molecule has 0 bridgehead atoms. The summed E-state index contributed by atoms with van der Waals surface area (Å²) in [6.07, 6.45) is 6.62. The van der Waals surface area contributed by atoms with Crippen molar-refractivity contribution in [2.75, 3.05) is 13.1 Å². The molecule has 0 aliphatic carbocycles. The summed E-state index contributed by atoms with van der Waals surface area (Å²) < 4.78 is 1.79. The zero-order valence-corrected chi connectivity index (χ0v) is 13.2. The fraction of sp³-hybridized carbons (Fsp3) is 0.471. The van der Waals surface area contributed by atoms with Gasteiger partial charge in [0, 0.05) is 43.9 Å². The quantitative estimate of drug-likeness (QED) is 0.873. The van der Waals surface area contributed by atoms with Crippen LogP contribution in [0.5, 0.6) is 0 Å². The van der Waals surface area contributed by atoms with Crippen LogP contribution >= 0.6 is 0 Å². The normalized spacial score (nSPS) is 18.5. The van der Waals surface area contributed by atoms with Gasteiger partial charge in [0.05, 0.1) is 0 Å². The summed E-state index contributed by atoms with van der Waals surface area (Å²) in [7, 11) is 1.86. The maximum absolute atomic E-state index is 12.6. The van der Waals surface area contributed by atoms with Gasteiger partial charge in [-0.3, -0.25) is 9.78 Å². The fourth-order valence-electron chi connectivity index (χ4n) is 3.14. The Labute approximate surface area is 131 Å². The number of nitrogens with zero attached hydrogens (tertiary/aromatic N) is 4. The molecular weight excluding hydrogens is 276 g/mol. The van der Waals surface area contributed by atoms with Gasteiger partial charge in [0.2, 0.25) is 0 Å². The van der Waals surface area contributed by atoms with Crippen molar-refractivity contribution in [3.63, 3.8) is 0 Å². The van der Waals surface area contributed by atoms with E-state index in [9.17, 15) is 4.79 Å². The Kier molecular flexibility index (Phi) is 4.22. The van der Waals surface area contributed by atoms with E-state index in [2.05, 4.69) is 22.1 Å². The number of aromatic nitrogens is 3. The Balaban J connectivity index is 1.67. The molecule has 3 rings (SSSR count). The molecule has 2 aromatic heterocycles. The number of carbonyl (C=O) groups is 1. The van der Waals surface area contributed by atoms with Crippen molar-refractivity contribution >= 4 is 5.91 Å². The Morgan fingerprint density at radius 3 is 3.00 bits per heavy atom. The monoisotopic (exact) mass is 298 g/mol. The van der Waals surface area contributed by atoms with Crippen molar-refractivity contribution in [2.24, 2.45) is 13.0 Å². The summed E-state index contributed by atoms with van der Waals surface area (Å²) in [4.78, 5) is 23.2. The third kappa shape index (κ3) is 3.18. The lowest BCUT2D eigenvalue weighted by atomic mass is 9.93. The van der Waals surface area contributed by atoms with Gasteiger partial charge in [-0.25, -0.2) is 4.98 Å². The Hall–Kier alpha value is -2.17. The highest BCUT2D eigenvalue weighted by Gasteiger charge is 2.26. The molecule has 0 N–H and O–H groups in total. The molecule has 1 amide bonds. The van der Waals surface area contributed by atoms with Crippen LogP contribution in [0, 0.1) is 12.8 Å². The molecule has 5 nitrogen and oxygen atoms in total. The number of carbonyl (C=O) groups excluding carboxylic acids is 1. The smallest absolute Gasteiger partial charge is 0.289 e. The van der Waals surface area contributed by atoms with Crippen molar-refractivity contribution in [3.8, 4) is 0 Å². The van der Waals surface area contributed by atoms with E-state index in [1.807, 2.05) is 31.1 Å². The van der Waals surface area contributed by atoms with Gasteiger partial charge in [0.1, 0.15) is 0 Å². The van der Waals surface area contributed by atoms with E-state index in [4.69, 9.17) is 0 Å². The number of piperidine rings is 1. The van der Waals surface area contributed by atoms with E-state index in [0.717, 1.165) is 43.7 Å². The lowest BCUT2D eigenvalue weighted by molar-refractivity contribution is 0.0656. The van der Waals surface area contributed by atoms with Crippen LogP contribution in [0.1, 0.15) is 34.8 Å². The predicted molar refractivity (Wildman–Crippen MR) is 84.5 cm³/mol. The SMILES string of the molecule is Cc1cccc(CC2CCCN(C(=O)c3nccn3C)C2)n1. The van der Waals surface area contributed by atoms with Gasteiger partial charge in [-0.1, -0.05) is 6.07 Å². The van der Waals surface area contributed by atoms with E-state index in [1.54, 1.807) is 10.8 Å². The lowest BCUT2D eigenvalue weighted by Crippen LogP contribution is -2.41. The molecule has 0 saturated carbocycles. The van der Waals surface area contributed by atoms with E-state index in [-0.39, 0.29) is 5.91 Å². The zero-order chi connectivity index (χ0) is 15.5. The summed E-state index contributed by atoms with van der Waals surface area (Å²) >= 11 is 0. The molecular formula is C17H22N4O. The molecule has 116 valence electrons. The summed E-state index contributed by atoms with van der Waals surface area (Å²) in [6, 6.07) is 6.14. The average molecular weight is 298 g/mol. The number of hydrogen-bond donors (Lipinski definition) is 0. The first-order valence-corrected chi connectivity index (χ1v) is 7.82. The van der Waals surface area contributed by atoms with Gasteiger partial charge in [0.15, 0.2) is 5.82 Å². The van der Waals surface area contributed by atoms with Crippen LogP contribution in [0.15, 0.2) is 30.6 Å². The summed E-state index contributed by atoms with van der Waals surface area (Å²) in [5, 5.41) is 0. The third-order valence-electron chi connectivity index (χ3n) is 4.26. The molecule has 1 aliphatic heterocycles. The van der Waals surface area contributed by atoms with Crippen molar-refractivity contribution in [1.82, 2.24) is 19.4 Å². The minimum Gasteiger partial charge on any atom is -0.336 e. The van der Waals surface area contributed by atoms with Crippen LogP contribution in [0.25, 0.3) is 0 Å². The maximum atomic E-state index is 12.6. The van der Waals surface area contributed by atoms with E-state index < -0.39 is 0 Å². The molecule has 1 aliphatic rings. The van der Waals surface area contributed by atoms with Crippen LogP contribution in [0.4, 0.5) is 0 Å². The maximum Gasteiger partial charge on any atom is 0.289 e. The summed E-state index contributed by atoms with van der Waals surface area (Å²) in [5.41, 5.74) is 2.17. The first kappa shape index (κ1) is 14.8. The van der Waals surface area contributed by atoms with Crippen LogP contribution in [-0.4, -0.2) is 38.4 Å². The number of likely N-dealkylation sites (tertiary alicyclic amines) is 1. The number of imidazole rings is 1. The Morgan fingerprint density at radius 2 is 2.27 bits per heavy atom. The highest BCUT2D eigenvalue weighted by atomic mass is 16.2. The summed E-state index contributed by atoms with van der Waals surface area (Å²) in [5.74, 6) is 1.04. The highest BCUT2D eigenvalue weighted by Crippen LogP contribution is 2.21. The first-order valence-electron chi connectivity index (χ1n) is 7.82. The molecule has 1 atom stereocenters. The minimum atomic E-state index is 0.0365. The zero-order valence-electron chi connectivity index (χ0n) is 13.2. The first-order chi connectivity index (χ1) is 10.6. The lowest BCUT2D eigenvalue weighted by Gasteiger charge is -2.32. The van der Waals surface area contributed by atoms with Crippen molar-refractivity contribution < 1.29 is 4.79 Å². The number of hydrogen-bond acceptors (Lipinski definition) is 3. The predicted octanol–water partition coefficient (Wildman–Crippen LogP) is 2.22. The topological polar surface area (TPSA) is 51.0 Å². The van der Waals surface area contributed by atoms with Crippen LogP contribution in [-0.2, 0) is 13.5 Å². The molecule has 1 fully saturated rings. The Bertz CT molecular complexity index is 664. The highest BCUT2D eigenvalue weighted by molar-refractivity contribution is 5.90. The molecule has 0 radical (unpaired) electrons. The van der Waals surface area contributed by atoms with E-state index in [0.29, 0.717) is 11.7 Å². The van der Waals surface area contributed by atoms with Gasteiger partial charge in [-0.05, 0) is 44.2 Å². The van der Waals surface area contributed by atoms with Crippen molar-refractivity contribution in [1.29, 1.82) is 0 Å². The second-order valence-corrected chi connectivity index (χ2v) is 6.10. The van der Waals surface area contributed by atoms with Crippen LogP contribution < -0.4 is 0 Å². The van der Waals surface area contributed by atoms with Gasteiger partial charge in [-0.2, -0.15) is 0 Å². The van der Waals surface area contributed by atoms with E-state index >= 15 is 0 Å². The number of pyridine rings is 1. The van der Waals surface area contributed by atoms with Crippen molar-refractivity contribution in [3.05, 3.63) is 47.8 Å². The van der Waals surface area contributed by atoms with Crippen LogP contribution in [0.2, 0.25) is 0 Å². The summed E-state index contributed by atoms with van der Waals surface area (Å²) in [6.45, 7) is 3.63. The molecule has 5 heteroatoms. The minimum absolute atomic E-state index is 0.0365. The van der Waals surface area contributed by atoms with Gasteiger partial charge in [-0.15, -0.1) is 0 Å². The van der Waals surface area contributed by atoms with Gasteiger partial charge >= 0.3 is 0 Å². The van der Waals surface area contributed by atoms with E-state index in [1.165, 1.54) is 0 Å². The largest absolute Gasteiger partial charge is 0.336 e. The molecule has 2 aromatic rings. The Morgan fingerprint density at radius 1 is 1.41 bits per heavy atom. The van der Waals surface area contributed by atoms with Gasteiger partial charge < -0.3 is 9.47 Å². The molecule has 3 heterocycles. The third-order valence-corrected chi connectivity index (χ3v) is 4.26. The molecule has 0 aromatic carbocycles. The molecule has 1 saturated heterocycles. The second-order valence-electron chi connectivity index (χ2n) is 6.10. The fourth-order valence-corrected chi connectivity index (χ4v) is 3.14. The average Bonchev–Trinajstić information content (AvgIpc) is 2.93. The number of aryl methyl sites for hydroxylation is 2. The van der Waals surface area contributed by atoms with Crippen LogP contribution in [0.3, 0.4) is 0 Å². The molecule has 22 heavy (non-hydrogen) atoms. The second kappa shape index (κ2) is 6.30. The number of amides is 1. The number of rotatable bonds is 3. The molecule has 1 unspecified atom stereocenters. The molecule has 0 spiro atoms.